The molecule has 0 radical (unpaired) electrons. The second-order valence-electron chi connectivity index (χ2n) is 3.12. The van der Waals surface area contributed by atoms with Crippen molar-refractivity contribution in [1.82, 2.24) is 15.2 Å². The van der Waals surface area contributed by atoms with Crippen molar-refractivity contribution in [3.05, 3.63) is 47.9 Å². The summed E-state index contributed by atoms with van der Waals surface area (Å²) in [6, 6.07) is 9.86. The van der Waals surface area contributed by atoms with E-state index in [0.717, 1.165) is 22.2 Å². The third-order valence-corrected chi connectivity index (χ3v) is 2.82. The summed E-state index contributed by atoms with van der Waals surface area (Å²) in [6.45, 7) is 1.93. The van der Waals surface area contributed by atoms with Crippen molar-refractivity contribution in [1.29, 1.82) is 0 Å². The van der Waals surface area contributed by atoms with E-state index in [1.54, 1.807) is 18.0 Å². The normalized spacial score (nSPS) is 10.2. The smallest absolute Gasteiger partial charge is 0.119 e. The number of aromatic nitrogens is 3. The molecule has 76 valence electrons. The Labute approximate surface area is 93.0 Å². The molecule has 2 heterocycles. The molecule has 0 aliphatic carbocycles. The fourth-order valence-corrected chi connectivity index (χ4v) is 1.82. The minimum Gasteiger partial charge on any atom is -0.260 e. The molecular formula is C11H11N3S. The van der Waals surface area contributed by atoms with Gasteiger partial charge in [0.1, 0.15) is 5.03 Å². The first-order chi connectivity index (χ1) is 7.34. The maximum absolute atomic E-state index is 4.24. The molecule has 2 aromatic rings. The summed E-state index contributed by atoms with van der Waals surface area (Å²) in [5, 5.41) is 9.02. The lowest BCUT2D eigenvalue weighted by Gasteiger charge is -1.99. The van der Waals surface area contributed by atoms with E-state index in [9.17, 15) is 0 Å². The van der Waals surface area contributed by atoms with Gasteiger partial charge in [-0.1, -0.05) is 17.8 Å². The van der Waals surface area contributed by atoms with Gasteiger partial charge in [0.15, 0.2) is 0 Å². The van der Waals surface area contributed by atoms with Gasteiger partial charge in [-0.3, -0.25) is 4.98 Å². The molecule has 0 bridgehead atoms. The summed E-state index contributed by atoms with van der Waals surface area (Å²) in [4.78, 5) is 4.24. The molecular weight excluding hydrogens is 206 g/mol. The van der Waals surface area contributed by atoms with Crippen molar-refractivity contribution < 1.29 is 0 Å². The molecule has 2 rings (SSSR count). The Hall–Kier alpha value is -1.42. The molecule has 0 atom stereocenters. The number of nitrogens with zero attached hydrogens (tertiary/aromatic N) is 3. The maximum atomic E-state index is 4.24. The van der Waals surface area contributed by atoms with Gasteiger partial charge in [-0.15, -0.1) is 5.10 Å². The largest absolute Gasteiger partial charge is 0.260 e. The minimum absolute atomic E-state index is 0.832. The summed E-state index contributed by atoms with van der Waals surface area (Å²) in [5.74, 6) is 0.832. The molecule has 0 fully saturated rings. The predicted molar refractivity (Wildman–Crippen MR) is 60.6 cm³/mol. The first kappa shape index (κ1) is 10.1. The zero-order valence-corrected chi connectivity index (χ0v) is 9.24. The maximum Gasteiger partial charge on any atom is 0.119 e. The van der Waals surface area contributed by atoms with Gasteiger partial charge in [0.05, 0.1) is 11.4 Å². The lowest BCUT2D eigenvalue weighted by molar-refractivity contribution is 0.895. The van der Waals surface area contributed by atoms with E-state index in [-0.39, 0.29) is 0 Å². The monoisotopic (exact) mass is 217 g/mol. The molecule has 2 aromatic heterocycles. The van der Waals surface area contributed by atoms with E-state index in [4.69, 9.17) is 0 Å². The lowest BCUT2D eigenvalue weighted by Crippen LogP contribution is -1.89. The topological polar surface area (TPSA) is 38.7 Å². The van der Waals surface area contributed by atoms with Gasteiger partial charge in [0.2, 0.25) is 0 Å². The van der Waals surface area contributed by atoms with Crippen LogP contribution in [-0.4, -0.2) is 15.2 Å². The van der Waals surface area contributed by atoms with E-state index in [2.05, 4.69) is 15.2 Å². The van der Waals surface area contributed by atoms with Gasteiger partial charge in [-0.25, -0.2) is 0 Å². The lowest BCUT2D eigenvalue weighted by atomic mass is 10.4. The van der Waals surface area contributed by atoms with Crippen LogP contribution in [0.15, 0.2) is 41.6 Å². The fourth-order valence-electron chi connectivity index (χ4n) is 1.10. The third-order valence-electron chi connectivity index (χ3n) is 1.87. The number of hydrogen-bond acceptors (Lipinski definition) is 4. The van der Waals surface area contributed by atoms with Crippen molar-refractivity contribution in [3.8, 4) is 0 Å². The highest BCUT2D eigenvalue weighted by Crippen LogP contribution is 2.18. The highest BCUT2D eigenvalue weighted by Gasteiger charge is 1.98. The minimum atomic E-state index is 0.832. The standard InChI is InChI=1S/C11H11N3S/c1-9-5-6-11(14-13-9)15-8-10-4-2-3-7-12-10/h2-7H,8H2,1H3. The van der Waals surface area contributed by atoms with Crippen LogP contribution >= 0.6 is 11.8 Å². The van der Waals surface area contributed by atoms with E-state index < -0.39 is 0 Å². The number of hydrogen-bond donors (Lipinski definition) is 0. The fraction of sp³-hybridized carbons (Fsp3) is 0.182. The molecule has 0 saturated carbocycles. The first-order valence-electron chi connectivity index (χ1n) is 4.67. The van der Waals surface area contributed by atoms with Crippen molar-refractivity contribution in [2.45, 2.75) is 17.7 Å². The van der Waals surface area contributed by atoms with Crippen LogP contribution in [0.5, 0.6) is 0 Å². The average molecular weight is 217 g/mol. The molecule has 4 heteroatoms. The highest BCUT2D eigenvalue weighted by atomic mass is 32.2. The summed E-state index contributed by atoms with van der Waals surface area (Å²) in [6.07, 6.45) is 1.80. The Morgan fingerprint density at radius 3 is 2.73 bits per heavy atom. The van der Waals surface area contributed by atoms with Crippen molar-refractivity contribution >= 4 is 11.8 Å². The van der Waals surface area contributed by atoms with E-state index in [1.165, 1.54) is 0 Å². The molecule has 3 nitrogen and oxygen atoms in total. The SMILES string of the molecule is Cc1ccc(SCc2ccccn2)nn1. The molecule has 0 aromatic carbocycles. The van der Waals surface area contributed by atoms with Crippen LogP contribution in [0.1, 0.15) is 11.4 Å². The van der Waals surface area contributed by atoms with E-state index >= 15 is 0 Å². The quantitative estimate of drug-likeness (QED) is 0.740. The zero-order valence-electron chi connectivity index (χ0n) is 8.42. The Balaban J connectivity index is 1.96. The Morgan fingerprint density at radius 1 is 1.13 bits per heavy atom. The van der Waals surface area contributed by atoms with Gasteiger partial charge in [-0.05, 0) is 31.2 Å². The van der Waals surface area contributed by atoms with Crippen molar-refractivity contribution in [3.63, 3.8) is 0 Å². The van der Waals surface area contributed by atoms with Gasteiger partial charge in [0, 0.05) is 11.9 Å². The summed E-state index contributed by atoms with van der Waals surface area (Å²) >= 11 is 1.65. The molecule has 0 amide bonds. The zero-order chi connectivity index (χ0) is 10.5. The van der Waals surface area contributed by atoms with Gasteiger partial charge in [-0.2, -0.15) is 5.10 Å². The van der Waals surface area contributed by atoms with E-state index in [1.807, 2.05) is 37.3 Å². The molecule has 15 heavy (non-hydrogen) atoms. The van der Waals surface area contributed by atoms with Crippen molar-refractivity contribution in [2.24, 2.45) is 0 Å². The van der Waals surface area contributed by atoms with Crippen LogP contribution in [0.2, 0.25) is 0 Å². The predicted octanol–water partition coefficient (Wildman–Crippen LogP) is 2.47. The van der Waals surface area contributed by atoms with E-state index in [0.29, 0.717) is 0 Å². The Morgan fingerprint density at radius 2 is 2.07 bits per heavy atom. The number of aryl methyl sites for hydroxylation is 1. The Kier molecular flexibility index (Phi) is 3.29. The summed E-state index contributed by atoms with van der Waals surface area (Å²) in [7, 11) is 0. The highest BCUT2D eigenvalue weighted by molar-refractivity contribution is 7.98. The van der Waals surface area contributed by atoms with Crippen LogP contribution in [0.4, 0.5) is 0 Å². The second-order valence-corrected chi connectivity index (χ2v) is 4.12. The van der Waals surface area contributed by atoms with Crippen molar-refractivity contribution in [2.75, 3.05) is 0 Å². The van der Waals surface area contributed by atoms with Gasteiger partial charge >= 0.3 is 0 Å². The third kappa shape index (κ3) is 3.02. The van der Waals surface area contributed by atoms with Crippen LogP contribution in [0, 0.1) is 6.92 Å². The van der Waals surface area contributed by atoms with Crippen LogP contribution in [0.3, 0.4) is 0 Å². The molecule has 0 aliphatic heterocycles. The van der Waals surface area contributed by atoms with Crippen LogP contribution in [-0.2, 0) is 5.75 Å². The van der Waals surface area contributed by atoms with Gasteiger partial charge in [0.25, 0.3) is 0 Å². The number of pyridine rings is 1. The average Bonchev–Trinajstić information content (AvgIpc) is 2.30. The number of thioether (sulfide) groups is 1. The molecule has 0 unspecified atom stereocenters. The van der Waals surface area contributed by atoms with Crippen LogP contribution in [0.25, 0.3) is 0 Å². The Bertz CT molecular complexity index is 414. The summed E-state index contributed by atoms with van der Waals surface area (Å²) < 4.78 is 0. The number of rotatable bonds is 3. The molecule has 0 aliphatic rings. The van der Waals surface area contributed by atoms with Crippen LogP contribution < -0.4 is 0 Å². The molecule has 0 N–H and O–H groups in total. The van der Waals surface area contributed by atoms with Gasteiger partial charge < -0.3 is 0 Å². The molecule has 0 saturated heterocycles. The first-order valence-corrected chi connectivity index (χ1v) is 5.66. The second kappa shape index (κ2) is 4.89. The molecule has 0 spiro atoms. The summed E-state index contributed by atoms with van der Waals surface area (Å²) in [5.41, 5.74) is 2.00.